The van der Waals surface area contributed by atoms with Crippen LogP contribution in [-0.4, -0.2) is 30.8 Å². The number of carbonyl (C=O) groups excluding carboxylic acids is 2. The Balaban J connectivity index is 1.55. The van der Waals surface area contributed by atoms with Crippen LogP contribution in [0.2, 0.25) is 0 Å². The van der Waals surface area contributed by atoms with Gasteiger partial charge in [0.1, 0.15) is 0 Å². The largest absolute Gasteiger partial charge is 0.493 e. The number of ether oxygens (including phenoxy) is 2. The van der Waals surface area contributed by atoms with Crippen molar-refractivity contribution in [1.82, 2.24) is 5.32 Å². The van der Waals surface area contributed by atoms with E-state index in [4.69, 9.17) is 9.47 Å². The van der Waals surface area contributed by atoms with Gasteiger partial charge in [0.15, 0.2) is 17.3 Å². The molecule has 1 aliphatic heterocycles. The number of anilines is 1. The Labute approximate surface area is 238 Å². The van der Waals surface area contributed by atoms with Crippen molar-refractivity contribution in [1.29, 1.82) is 0 Å². The SMILES string of the molecule is COc1ccc(C2CC(=O)C3=C(C2)NC(C)=C(C(=O)Nc2ccc(C)cc2)C3c2ccc([N+](=O)[O-])cc2)cc1OC. The highest BCUT2D eigenvalue weighted by Crippen LogP contribution is 2.46. The van der Waals surface area contributed by atoms with E-state index in [2.05, 4.69) is 10.6 Å². The number of benzene rings is 3. The molecule has 1 heterocycles. The zero-order valence-electron chi connectivity index (χ0n) is 23.3. The van der Waals surface area contributed by atoms with Gasteiger partial charge in [-0.1, -0.05) is 35.9 Å². The highest BCUT2D eigenvalue weighted by atomic mass is 16.6. The number of rotatable bonds is 7. The number of hydrogen-bond acceptors (Lipinski definition) is 7. The second kappa shape index (κ2) is 11.3. The number of carbonyl (C=O) groups is 2. The zero-order valence-corrected chi connectivity index (χ0v) is 23.3. The summed E-state index contributed by atoms with van der Waals surface area (Å²) in [6.45, 7) is 3.78. The number of nitro groups is 1. The molecule has 3 aromatic carbocycles. The topological polar surface area (TPSA) is 120 Å². The first-order valence-electron chi connectivity index (χ1n) is 13.3. The van der Waals surface area contributed by atoms with Crippen molar-refractivity contribution < 1.29 is 24.0 Å². The molecule has 0 radical (unpaired) electrons. The summed E-state index contributed by atoms with van der Waals surface area (Å²) in [6.07, 6.45) is 0.787. The smallest absolute Gasteiger partial charge is 0.269 e. The molecule has 210 valence electrons. The van der Waals surface area contributed by atoms with Gasteiger partial charge in [0, 0.05) is 52.7 Å². The van der Waals surface area contributed by atoms with E-state index in [1.54, 1.807) is 26.4 Å². The standard InChI is InChI=1S/C32H31N3O6/c1-18-5-10-23(11-6-18)34-32(37)29-19(2)33-25-15-22(21-9-14-27(40-3)28(17-21)41-4)16-26(36)31(25)30(29)20-7-12-24(13-8-20)35(38)39/h5-14,17,22,30,33H,15-16H2,1-4H3,(H,34,37). The van der Waals surface area contributed by atoms with Gasteiger partial charge in [-0.2, -0.15) is 0 Å². The molecule has 1 aliphatic carbocycles. The maximum absolute atomic E-state index is 13.9. The minimum absolute atomic E-state index is 0.0632. The number of ketones is 1. The van der Waals surface area contributed by atoms with E-state index >= 15 is 0 Å². The lowest BCUT2D eigenvalue weighted by Gasteiger charge is -2.37. The van der Waals surface area contributed by atoms with Crippen molar-refractivity contribution >= 4 is 23.1 Å². The Bertz CT molecular complexity index is 1590. The number of methoxy groups -OCH3 is 2. The van der Waals surface area contributed by atoms with E-state index in [0.29, 0.717) is 46.0 Å². The summed E-state index contributed by atoms with van der Waals surface area (Å²) in [5.74, 6) is -0.0317. The van der Waals surface area contributed by atoms with Crippen LogP contribution in [0.1, 0.15) is 48.3 Å². The van der Waals surface area contributed by atoms with Gasteiger partial charge in [0.05, 0.1) is 19.1 Å². The lowest BCUT2D eigenvalue weighted by atomic mass is 9.71. The highest BCUT2D eigenvalue weighted by molar-refractivity contribution is 6.10. The van der Waals surface area contributed by atoms with E-state index in [9.17, 15) is 19.7 Å². The molecule has 5 rings (SSSR count). The monoisotopic (exact) mass is 553 g/mol. The summed E-state index contributed by atoms with van der Waals surface area (Å²) in [7, 11) is 3.15. The van der Waals surface area contributed by atoms with Crippen molar-refractivity contribution in [2.75, 3.05) is 19.5 Å². The molecule has 2 atom stereocenters. The van der Waals surface area contributed by atoms with E-state index in [1.807, 2.05) is 56.3 Å². The second-order valence-electron chi connectivity index (χ2n) is 10.3. The second-order valence-corrected chi connectivity index (χ2v) is 10.3. The molecule has 0 fully saturated rings. The fraction of sp³-hybridized carbons (Fsp3) is 0.250. The summed E-state index contributed by atoms with van der Waals surface area (Å²) in [6, 6.07) is 19.2. The normalized spacial score (nSPS) is 18.4. The average Bonchev–Trinajstić information content (AvgIpc) is 2.97. The molecular weight excluding hydrogens is 522 g/mol. The van der Waals surface area contributed by atoms with Crippen molar-refractivity contribution in [3.8, 4) is 11.5 Å². The molecule has 0 spiro atoms. The van der Waals surface area contributed by atoms with E-state index in [1.165, 1.54) is 12.1 Å². The maximum atomic E-state index is 13.9. The van der Waals surface area contributed by atoms with Crippen LogP contribution in [0.15, 0.2) is 89.3 Å². The van der Waals surface area contributed by atoms with Gasteiger partial charge in [-0.3, -0.25) is 19.7 Å². The first kappa shape index (κ1) is 27.6. The summed E-state index contributed by atoms with van der Waals surface area (Å²) in [5.41, 5.74) is 5.49. The highest BCUT2D eigenvalue weighted by Gasteiger charge is 2.41. The van der Waals surface area contributed by atoms with Crippen LogP contribution < -0.4 is 20.1 Å². The molecule has 1 amide bonds. The third-order valence-corrected chi connectivity index (χ3v) is 7.70. The Morgan fingerprint density at radius 3 is 2.22 bits per heavy atom. The third kappa shape index (κ3) is 5.43. The van der Waals surface area contributed by atoms with Crippen LogP contribution in [-0.2, 0) is 9.59 Å². The predicted molar refractivity (Wildman–Crippen MR) is 155 cm³/mol. The first-order chi connectivity index (χ1) is 19.7. The number of nitrogens with zero attached hydrogens (tertiary/aromatic N) is 1. The number of hydrogen-bond donors (Lipinski definition) is 2. The van der Waals surface area contributed by atoms with Crippen LogP contribution in [0.25, 0.3) is 0 Å². The number of amides is 1. The Kier molecular flexibility index (Phi) is 7.61. The quantitative estimate of drug-likeness (QED) is 0.275. The fourth-order valence-electron chi connectivity index (χ4n) is 5.64. The number of allylic oxidation sites excluding steroid dienone is 3. The number of aryl methyl sites for hydroxylation is 1. The molecule has 0 saturated heterocycles. The first-order valence-corrected chi connectivity index (χ1v) is 13.3. The predicted octanol–water partition coefficient (Wildman–Crippen LogP) is 5.92. The van der Waals surface area contributed by atoms with Gasteiger partial charge in [-0.25, -0.2) is 0 Å². The van der Waals surface area contributed by atoms with E-state index < -0.39 is 10.8 Å². The van der Waals surface area contributed by atoms with Gasteiger partial charge in [0.2, 0.25) is 0 Å². The number of nitro benzene ring substituents is 1. The third-order valence-electron chi connectivity index (χ3n) is 7.70. The van der Waals surface area contributed by atoms with Crippen LogP contribution in [0.3, 0.4) is 0 Å². The van der Waals surface area contributed by atoms with Crippen molar-refractivity contribution in [3.63, 3.8) is 0 Å². The number of nitrogens with one attached hydrogen (secondary N) is 2. The van der Waals surface area contributed by atoms with Crippen LogP contribution in [0, 0.1) is 17.0 Å². The molecule has 0 bridgehead atoms. The summed E-state index contributed by atoms with van der Waals surface area (Å²) >= 11 is 0. The Morgan fingerprint density at radius 2 is 1.59 bits per heavy atom. The molecule has 2 unspecified atom stereocenters. The molecule has 0 saturated carbocycles. The van der Waals surface area contributed by atoms with Crippen molar-refractivity contribution in [2.45, 2.75) is 38.5 Å². The molecule has 3 aromatic rings. The molecular formula is C32H31N3O6. The molecule has 2 aliphatic rings. The summed E-state index contributed by atoms with van der Waals surface area (Å²) in [4.78, 5) is 38.5. The number of Topliss-reactive ketones (excluding diaryl/α,β-unsaturated/α-hetero) is 1. The van der Waals surface area contributed by atoms with Gasteiger partial charge in [-0.15, -0.1) is 0 Å². The Hall–Kier alpha value is -4.92. The van der Waals surface area contributed by atoms with Crippen LogP contribution >= 0.6 is 0 Å². The Morgan fingerprint density at radius 1 is 0.927 bits per heavy atom. The molecule has 9 nitrogen and oxygen atoms in total. The van der Waals surface area contributed by atoms with Crippen LogP contribution in [0.4, 0.5) is 11.4 Å². The van der Waals surface area contributed by atoms with Gasteiger partial charge in [0.25, 0.3) is 11.6 Å². The van der Waals surface area contributed by atoms with E-state index in [-0.39, 0.29) is 29.7 Å². The van der Waals surface area contributed by atoms with Crippen LogP contribution in [0.5, 0.6) is 11.5 Å². The summed E-state index contributed by atoms with van der Waals surface area (Å²) < 4.78 is 10.8. The molecule has 0 aromatic heterocycles. The maximum Gasteiger partial charge on any atom is 0.269 e. The molecule has 41 heavy (non-hydrogen) atoms. The van der Waals surface area contributed by atoms with Gasteiger partial charge in [-0.05, 0) is 61.6 Å². The van der Waals surface area contributed by atoms with Gasteiger partial charge >= 0.3 is 0 Å². The molecule has 2 N–H and O–H groups in total. The lowest BCUT2D eigenvalue weighted by Crippen LogP contribution is -2.37. The summed E-state index contributed by atoms with van der Waals surface area (Å²) in [5, 5.41) is 17.6. The number of non-ortho nitro benzene ring substituents is 1. The number of dihydropyridines is 1. The minimum atomic E-state index is -0.684. The average molecular weight is 554 g/mol. The van der Waals surface area contributed by atoms with Gasteiger partial charge < -0.3 is 20.1 Å². The van der Waals surface area contributed by atoms with Crippen molar-refractivity contribution in [2.24, 2.45) is 0 Å². The fourth-order valence-corrected chi connectivity index (χ4v) is 5.64. The van der Waals surface area contributed by atoms with Crippen molar-refractivity contribution in [3.05, 3.63) is 116 Å². The lowest BCUT2D eigenvalue weighted by molar-refractivity contribution is -0.384. The van der Waals surface area contributed by atoms with E-state index in [0.717, 1.165) is 16.8 Å². The zero-order chi connectivity index (χ0) is 29.3. The minimum Gasteiger partial charge on any atom is -0.493 e. The molecule has 9 heteroatoms.